The van der Waals surface area contributed by atoms with Gasteiger partial charge in [0, 0.05) is 5.75 Å². The number of carbonyl (C=O) groups is 1. The van der Waals surface area contributed by atoms with Gasteiger partial charge in [-0.25, -0.2) is 0 Å². The Morgan fingerprint density at radius 1 is 1.19 bits per heavy atom. The molecule has 1 unspecified atom stereocenters. The topological polar surface area (TPSA) is 66.4 Å². The highest BCUT2D eigenvalue weighted by molar-refractivity contribution is 7.79. The van der Waals surface area contributed by atoms with Gasteiger partial charge in [0.1, 0.15) is 0 Å². The van der Waals surface area contributed by atoms with Gasteiger partial charge in [0.15, 0.2) is 0 Å². The highest BCUT2D eigenvalue weighted by Gasteiger charge is 2.01. The van der Waals surface area contributed by atoms with Gasteiger partial charge in [0.2, 0.25) is 0 Å². The highest BCUT2D eigenvalue weighted by atomic mass is 32.2. The fraction of sp³-hybridized carbons (Fsp3) is 0.909. The summed E-state index contributed by atoms with van der Waals surface area (Å²) in [7, 11) is 0. The van der Waals surface area contributed by atoms with Crippen molar-refractivity contribution in [3.63, 3.8) is 0 Å². The summed E-state index contributed by atoms with van der Waals surface area (Å²) in [5.41, 5.74) is 0. The molecule has 0 bridgehead atoms. The molecule has 0 aliphatic heterocycles. The fourth-order valence-electron chi connectivity index (χ4n) is 1.31. The van der Waals surface area contributed by atoms with Crippen molar-refractivity contribution in [1.82, 2.24) is 0 Å². The lowest BCUT2D eigenvalue weighted by molar-refractivity contribution is -0.143. The summed E-state index contributed by atoms with van der Waals surface area (Å²) in [6.07, 6.45) is 6.80. The molecule has 0 radical (unpaired) electrons. The van der Waals surface area contributed by atoms with Gasteiger partial charge in [-0.1, -0.05) is 50.1 Å². The normalized spacial score (nSPS) is 12.4. The number of hydrogen-bond acceptors (Lipinski definition) is 4. The molecule has 4 nitrogen and oxygen atoms in total. The van der Waals surface area contributed by atoms with E-state index < -0.39 is 17.0 Å². The van der Waals surface area contributed by atoms with Crippen LogP contribution in [0.5, 0.6) is 0 Å². The largest absolute Gasteiger partial charge is 0.772 e. The lowest BCUT2D eigenvalue weighted by Crippen LogP contribution is -2.09. The van der Waals surface area contributed by atoms with Crippen molar-refractivity contribution in [2.75, 3.05) is 12.4 Å². The summed E-state index contributed by atoms with van der Waals surface area (Å²) in [4.78, 5) is 11.0. The average molecular weight is 249 g/mol. The zero-order valence-electron chi connectivity index (χ0n) is 9.91. The number of rotatable bonds is 10. The molecule has 0 rings (SSSR count). The van der Waals surface area contributed by atoms with Gasteiger partial charge >= 0.3 is 5.97 Å². The maximum atomic E-state index is 11.0. The van der Waals surface area contributed by atoms with Crippen LogP contribution in [0.4, 0.5) is 0 Å². The van der Waals surface area contributed by atoms with E-state index in [1.165, 1.54) is 25.7 Å². The lowest BCUT2D eigenvalue weighted by atomic mass is 10.1. The molecule has 0 heterocycles. The van der Waals surface area contributed by atoms with Gasteiger partial charge < -0.3 is 9.29 Å². The van der Waals surface area contributed by atoms with E-state index in [-0.39, 0.29) is 12.2 Å². The van der Waals surface area contributed by atoms with Crippen molar-refractivity contribution in [3.8, 4) is 0 Å². The first-order valence-corrected chi connectivity index (χ1v) is 7.12. The predicted octanol–water partition coefficient (Wildman–Crippen LogP) is 2.16. The molecular weight excluding hydrogens is 228 g/mol. The third-order valence-corrected chi connectivity index (χ3v) is 2.77. The minimum Gasteiger partial charge on any atom is -0.772 e. The Labute approximate surface area is 100 Å². The molecule has 16 heavy (non-hydrogen) atoms. The van der Waals surface area contributed by atoms with Crippen LogP contribution in [0.15, 0.2) is 0 Å². The second-order valence-corrected chi connectivity index (χ2v) is 4.76. The molecule has 0 aromatic carbocycles. The quantitative estimate of drug-likeness (QED) is 0.338. The van der Waals surface area contributed by atoms with E-state index in [2.05, 4.69) is 6.92 Å². The van der Waals surface area contributed by atoms with Crippen LogP contribution >= 0.6 is 0 Å². The zero-order valence-corrected chi connectivity index (χ0v) is 10.7. The molecule has 96 valence electrons. The van der Waals surface area contributed by atoms with Gasteiger partial charge in [-0.15, -0.1) is 0 Å². The zero-order chi connectivity index (χ0) is 12.2. The lowest BCUT2D eigenvalue weighted by Gasteiger charge is -2.06. The second-order valence-electron chi connectivity index (χ2n) is 3.75. The molecule has 0 saturated carbocycles. The van der Waals surface area contributed by atoms with Crippen LogP contribution in [0.2, 0.25) is 0 Å². The molecule has 0 saturated heterocycles. The van der Waals surface area contributed by atoms with Crippen molar-refractivity contribution in [2.45, 2.75) is 51.9 Å². The molecule has 0 amide bonds. The van der Waals surface area contributed by atoms with E-state index in [1.807, 2.05) is 0 Å². The number of esters is 1. The van der Waals surface area contributed by atoms with Crippen LogP contribution in [0.1, 0.15) is 51.9 Å². The van der Waals surface area contributed by atoms with E-state index in [0.29, 0.717) is 6.61 Å². The van der Waals surface area contributed by atoms with Gasteiger partial charge in [0.25, 0.3) is 0 Å². The maximum Gasteiger partial charge on any atom is 0.306 e. The maximum absolute atomic E-state index is 11.0. The third kappa shape index (κ3) is 11.7. The van der Waals surface area contributed by atoms with Crippen molar-refractivity contribution < 1.29 is 18.3 Å². The molecule has 0 aromatic heterocycles. The van der Waals surface area contributed by atoms with Gasteiger partial charge in [-0.3, -0.25) is 9.00 Å². The second kappa shape index (κ2) is 11.1. The Morgan fingerprint density at radius 3 is 2.44 bits per heavy atom. The standard InChI is InChI=1S/C11H22O4S/c1-2-3-4-5-6-7-9-15-11(12)8-10-16(13)14/h2-10H2,1H3,(H,13,14)/p-1. The molecule has 0 fully saturated rings. The number of hydrogen-bond donors (Lipinski definition) is 0. The molecule has 5 heteroatoms. The summed E-state index contributed by atoms with van der Waals surface area (Å²) in [5, 5.41) is 0. The first-order chi connectivity index (χ1) is 7.66. The Hall–Kier alpha value is -0.420. The number of carbonyl (C=O) groups excluding carboxylic acids is 1. The smallest absolute Gasteiger partial charge is 0.306 e. The van der Waals surface area contributed by atoms with Crippen LogP contribution < -0.4 is 0 Å². The summed E-state index contributed by atoms with van der Waals surface area (Å²) in [6, 6.07) is 0. The Kier molecular flexibility index (Phi) is 10.8. The van der Waals surface area contributed by atoms with Gasteiger partial charge in [-0.05, 0) is 6.42 Å². The molecule has 0 aromatic rings. The third-order valence-electron chi connectivity index (χ3n) is 2.23. The average Bonchev–Trinajstić information content (AvgIpc) is 2.25. The van der Waals surface area contributed by atoms with E-state index in [4.69, 9.17) is 4.74 Å². The van der Waals surface area contributed by atoms with E-state index in [9.17, 15) is 13.6 Å². The minimum atomic E-state index is -2.15. The monoisotopic (exact) mass is 249 g/mol. The van der Waals surface area contributed by atoms with Crippen molar-refractivity contribution in [3.05, 3.63) is 0 Å². The first-order valence-electron chi connectivity index (χ1n) is 5.88. The first kappa shape index (κ1) is 15.6. The summed E-state index contributed by atoms with van der Waals surface area (Å²) >= 11 is -2.15. The Bertz CT molecular complexity index is 206. The molecule has 0 aliphatic carbocycles. The van der Waals surface area contributed by atoms with Crippen molar-refractivity contribution >= 4 is 17.0 Å². The molecule has 0 spiro atoms. The molecule has 0 aliphatic rings. The van der Waals surface area contributed by atoms with E-state index in [1.54, 1.807) is 0 Å². The summed E-state index contributed by atoms with van der Waals surface area (Å²) in [6.45, 7) is 2.58. The van der Waals surface area contributed by atoms with E-state index >= 15 is 0 Å². The highest BCUT2D eigenvalue weighted by Crippen LogP contribution is 2.05. The fourth-order valence-corrected chi connectivity index (χ4v) is 1.64. The predicted molar refractivity (Wildman–Crippen MR) is 62.7 cm³/mol. The van der Waals surface area contributed by atoms with E-state index in [0.717, 1.165) is 12.8 Å². The molecule has 1 atom stereocenters. The Balaban J connectivity index is 3.18. The van der Waals surface area contributed by atoms with Crippen molar-refractivity contribution in [1.29, 1.82) is 0 Å². The molecular formula is C11H21O4S-. The van der Waals surface area contributed by atoms with Gasteiger partial charge in [0.05, 0.1) is 13.0 Å². The van der Waals surface area contributed by atoms with Gasteiger partial charge in [-0.2, -0.15) is 0 Å². The summed E-state index contributed by atoms with van der Waals surface area (Å²) < 4.78 is 25.2. The SMILES string of the molecule is CCCCCCCCOC(=O)CCS(=O)[O-]. The summed E-state index contributed by atoms with van der Waals surface area (Å²) in [5.74, 6) is -0.562. The van der Waals surface area contributed by atoms with Crippen LogP contribution in [-0.2, 0) is 20.6 Å². The Morgan fingerprint density at radius 2 is 1.81 bits per heavy atom. The minimum absolute atomic E-state index is 0.0358. The van der Waals surface area contributed by atoms with Crippen LogP contribution in [0, 0.1) is 0 Å². The number of ether oxygens (including phenoxy) is 1. The van der Waals surface area contributed by atoms with Crippen LogP contribution in [0.3, 0.4) is 0 Å². The molecule has 0 N–H and O–H groups in total. The van der Waals surface area contributed by atoms with Crippen molar-refractivity contribution in [2.24, 2.45) is 0 Å². The van der Waals surface area contributed by atoms with Crippen LogP contribution in [-0.4, -0.2) is 27.1 Å². The van der Waals surface area contributed by atoms with Crippen LogP contribution in [0.25, 0.3) is 0 Å². The number of unbranched alkanes of at least 4 members (excludes halogenated alkanes) is 5.